The third kappa shape index (κ3) is 4.29. The fourth-order valence-corrected chi connectivity index (χ4v) is 2.93. The zero-order chi connectivity index (χ0) is 17.8. The maximum atomic E-state index is 12.5. The first-order valence-electron chi connectivity index (χ1n) is 8.72. The third-order valence-corrected chi connectivity index (χ3v) is 4.49. The molecule has 0 saturated carbocycles. The molecule has 1 aromatic heterocycles. The molecule has 0 unspecified atom stereocenters. The molecule has 3 rings (SSSR count). The number of hydrogen-bond donors (Lipinski definition) is 1. The minimum absolute atomic E-state index is 0.127. The van der Waals surface area contributed by atoms with Crippen molar-refractivity contribution in [3.63, 3.8) is 0 Å². The molecule has 2 amide bonds. The van der Waals surface area contributed by atoms with Crippen molar-refractivity contribution < 1.29 is 9.53 Å². The summed E-state index contributed by atoms with van der Waals surface area (Å²) in [5, 5.41) is 2.88. The van der Waals surface area contributed by atoms with Crippen LogP contribution in [0.4, 0.5) is 10.6 Å². The van der Waals surface area contributed by atoms with Crippen LogP contribution >= 0.6 is 0 Å². The van der Waals surface area contributed by atoms with Crippen LogP contribution in [0.2, 0.25) is 0 Å². The first-order chi connectivity index (χ1) is 12.0. The topological polar surface area (TPSA) is 54.5 Å². The lowest BCUT2D eigenvalue weighted by molar-refractivity contribution is 0.212. The van der Waals surface area contributed by atoms with Crippen LogP contribution in [0.1, 0.15) is 37.0 Å². The summed E-state index contributed by atoms with van der Waals surface area (Å²) in [6.45, 7) is 5.62. The molecule has 1 N–H and O–H groups in total. The van der Waals surface area contributed by atoms with Gasteiger partial charge in [0.1, 0.15) is 11.6 Å². The van der Waals surface area contributed by atoms with Crippen LogP contribution in [0, 0.1) is 5.92 Å². The highest BCUT2D eigenvalue weighted by Crippen LogP contribution is 2.27. The molecule has 0 bridgehead atoms. The van der Waals surface area contributed by atoms with Crippen molar-refractivity contribution in [3.05, 3.63) is 53.2 Å². The number of hydrogen-bond acceptors (Lipinski definition) is 3. The van der Waals surface area contributed by atoms with Gasteiger partial charge in [-0.3, -0.25) is 5.32 Å². The summed E-state index contributed by atoms with van der Waals surface area (Å²) in [5.41, 5.74) is 3.49. The fourth-order valence-electron chi connectivity index (χ4n) is 2.93. The van der Waals surface area contributed by atoms with E-state index in [1.165, 1.54) is 5.56 Å². The normalized spacial score (nSPS) is 13.0. The maximum absolute atomic E-state index is 12.5. The Morgan fingerprint density at radius 1 is 1.24 bits per heavy atom. The van der Waals surface area contributed by atoms with E-state index in [-0.39, 0.29) is 6.03 Å². The quantitative estimate of drug-likeness (QED) is 0.887. The highest BCUT2D eigenvalue weighted by Gasteiger charge is 2.23. The number of ether oxygens (including phenoxy) is 1. The molecule has 0 saturated heterocycles. The van der Waals surface area contributed by atoms with Gasteiger partial charge in [-0.1, -0.05) is 26.0 Å². The maximum Gasteiger partial charge on any atom is 0.323 e. The third-order valence-electron chi connectivity index (χ3n) is 4.49. The number of carbonyl (C=O) groups excluding carboxylic acids is 1. The van der Waals surface area contributed by atoms with Crippen LogP contribution in [0.15, 0.2) is 36.5 Å². The zero-order valence-corrected chi connectivity index (χ0v) is 15.1. The van der Waals surface area contributed by atoms with Gasteiger partial charge in [0.25, 0.3) is 0 Å². The minimum Gasteiger partial charge on any atom is -0.497 e. The van der Waals surface area contributed by atoms with Gasteiger partial charge in [0.05, 0.1) is 7.11 Å². The largest absolute Gasteiger partial charge is 0.497 e. The van der Waals surface area contributed by atoms with E-state index in [1.54, 1.807) is 12.0 Å². The Labute approximate surface area is 149 Å². The standard InChI is InChI=1S/C20H25N3O2/c1-14(2)4-5-15-6-9-19(21-11-15)22-20(24)23-12-16-7-8-18(25-3)10-17(16)13-23/h6-11,14H,4-5,12-13H2,1-3H3,(H,21,22,24). The zero-order valence-electron chi connectivity index (χ0n) is 15.1. The number of benzene rings is 1. The van der Waals surface area contributed by atoms with E-state index < -0.39 is 0 Å². The van der Waals surface area contributed by atoms with Gasteiger partial charge < -0.3 is 9.64 Å². The number of methoxy groups -OCH3 is 1. The average molecular weight is 339 g/mol. The van der Waals surface area contributed by atoms with Crippen molar-refractivity contribution in [2.45, 2.75) is 39.8 Å². The van der Waals surface area contributed by atoms with Gasteiger partial charge in [0.2, 0.25) is 0 Å². The van der Waals surface area contributed by atoms with E-state index >= 15 is 0 Å². The number of rotatable bonds is 5. The lowest BCUT2D eigenvalue weighted by Gasteiger charge is -2.16. The van der Waals surface area contributed by atoms with E-state index in [0.29, 0.717) is 24.8 Å². The summed E-state index contributed by atoms with van der Waals surface area (Å²) >= 11 is 0. The Morgan fingerprint density at radius 3 is 2.72 bits per heavy atom. The van der Waals surface area contributed by atoms with Crippen LogP contribution in [-0.2, 0) is 19.5 Å². The van der Waals surface area contributed by atoms with E-state index in [4.69, 9.17) is 4.74 Å². The molecule has 2 heterocycles. The Balaban J connectivity index is 1.58. The highest BCUT2D eigenvalue weighted by molar-refractivity contribution is 5.88. The molecule has 132 valence electrons. The smallest absolute Gasteiger partial charge is 0.323 e. The molecule has 0 atom stereocenters. The summed E-state index contributed by atoms with van der Waals surface area (Å²) in [4.78, 5) is 18.6. The second-order valence-corrected chi connectivity index (χ2v) is 6.91. The molecule has 1 aliphatic rings. The number of aromatic nitrogens is 1. The Morgan fingerprint density at radius 2 is 2.04 bits per heavy atom. The van der Waals surface area contributed by atoms with E-state index in [0.717, 1.165) is 29.7 Å². The summed E-state index contributed by atoms with van der Waals surface area (Å²) in [6.07, 6.45) is 4.01. The number of amides is 2. The summed E-state index contributed by atoms with van der Waals surface area (Å²) < 4.78 is 5.25. The Hall–Kier alpha value is -2.56. The number of nitrogens with one attached hydrogen (secondary N) is 1. The summed E-state index contributed by atoms with van der Waals surface area (Å²) in [6, 6.07) is 9.72. The molecule has 0 spiro atoms. The number of aryl methyl sites for hydroxylation is 1. The van der Waals surface area contributed by atoms with E-state index in [1.807, 2.05) is 36.5 Å². The van der Waals surface area contributed by atoms with Crippen molar-refractivity contribution in [2.75, 3.05) is 12.4 Å². The predicted molar refractivity (Wildman–Crippen MR) is 98.7 cm³/mol. The lowest BCUT2D eigenvalue weighted by Crippen LogP contribution is -2.30. The molecular weight excluding hydrogens is 314 g/mol. The monoisotopic (exact) mass is 339 g/mol. The second-order valence-electron chi connectivity index (χ2n) is 6.91. The molecule has 0 aliphatic carbocycles. The van der Waals surface area contributed by atoms with Crippen LogP contribution in [-0.4, -0.2) is 23.0 Å². The van der Waals surface area contributed by atoms with Gasteiger partial charge in [-0.15, -0.1) is 0 Å². The second kappa shape index (κ2) is 7.55. The van der Waals surface area contributed by atoms with Gasteiger partial charge in [0.15, 0.2) is 0 Å². The van der Waals surface area contributed by atoms with Gasteiger partial charge >= 0.3 is 6.03 Å². The van der Waals surface area contributed by atoms with Gasteiger partial charge in [-0.25, -0.2) is 9.78 Å². The van der Waals surface area contributed by atoms with Crippen LogP contribution in [0.5, 0.6) is 5.75 Å². The molecule has 0 fully saturated rings. The lowest BCUT2D eigenvalue weighted by atomic mass is 10.0. The molecule has 2 aromatic rings. The van der Waals surface area contributed by atoms with E-state index in [9.17, 15) is 4.79 Å². The first kappa shape index (κ1) is 17.3. The molecule has 5 heteroatoms. The molecule has 0 radical (unpaired) electrons. The summed E-state index contributed by atoms with van der Waals surface area (Å²) in [5.74, 6) is 2.08. The molecule has 5 nitrogen and oxygen atoms in total. The van der Waals surface area contributed by atoms with Crippen LogP contribution in [0.25, 0.3) is 0 Å². The molecular formula is C20H25N3O2. The van der Waals surface area contributed by atoms with Crippen molar-refractivity contribution in [3.8, 4) is 5.75 Å². The van der Waals surface area contributed by atoms with Crippen molar-refractivity contribution >= 4 is 11.8 Å². The van der Waals surface area contributed by atoms with Crippen molar-refractivity contribution in [2.24, 2.45) is 5.92 Å². The SMILES string of the molecule is COc1ccc2c(c1)CN(C(=O)Nc1ccc(CCC(C)C)cn1)C2. The number of carbonyl (C=O) groups is 1. The predicted octanol–water partition coefficient (Wildman–Crippen LogP) is 4.23. The van der Waals surface area contributed by atoms with Gasteiger partial charge in [-0.05, 0) is 53.6 Å². The average Bonchev–Trinajstić information content (AvgIpc) is 3.04. The first-order valence-corrected chi connectivity index (χ1v) is 8.72. The number of nitrogens with zero attached hydrogens (tertiary/aromatic N) is 2. The van der Waals surface area contributed by atoms with Crippen molar-refractivity contribution in [1.29, 1.82) is 0 Å². The van der Waals surface area contributed by atoms with Gasteiger partial charge in [-0.2, -0.15) is 0 Å². The molecule has 25 heavy (non-hydrogen) atoms. The number of fused-ring (bicyclic) bond motifs is 1. The number of anilines is 1. The molecule has 1 aliphatic heterocycles. The number of pyridine rings is 1. The van der Waals surface area contributed by atoms with Crippen LogP contribution < -0.4 is 10.1 Å². The Kier molecular flexibility index (Phi) is 5.22. The van der Waals surface area contributed by atoms with Gasteiger partial charge in [0, 0.05) is 19.3 Å². The number of urea groups is 1. The molecule has 1 aromatic carbocycles. The Bertz CT molecular complexity index is 741. The van der Waals surface area contributed by atoms with Crippen LogP contribution in [0.3, 0.4) is 0 Å². The highest BCUT2D eigenvalue weighted by atomic mass is 16.5. The minimum atomic E-state index is -0.127. The fraction of sp³-hybridized carbons (Fsp3) is 0.400. The van der Waals surface area contributed by atoms with E-state index in [2.05, 4.69) is 24.1 Å². The van der Waals surface area contributed by atoms with Crippen molar-refractivity contribution in [1.82, 2.24) is 9.88 Å². The summed E-state index contributed by atoms with van der Waals surface area (Å²) in [7, 11) is 1.65.